The fourth-order valence-electron chi connectivity index (χ4n) is 3.06. The number of piperidine rings is 1. The van der Waals surface area contributed by atoms with Crippen molar-refractivity contribution in [2.45, 2.75) is 19.3 Å². The summed E-state index contributed by atoms with van der Waals surface area (Å²) in [4.78, 5) is 25.7. The smallest absolute Gasteiger partial charge is 0.253 e. The van der Waals surface area contributed by atoms with E-state index in [-0.39, 0.29) is 17.2 Å². The average Bonchev–Trinajstić information content (AvgIpc) is 2.81. The van der Waals surface area contributed by atoms with Gasteiger partial charge in [-0.15, -0.1) is 0 Å². The molecule has 2 amide bonds. The van der Waals surface area contributed by atoms with E-state index in [9.17, 15) is 9.59 Å². The Hall–Kier alpha value is -1.11. The molecule has 0 saturated carbocycles. The highest BCUT2D eigenvalue weighted by Gasteiger charge is 2.41. The molecule has 2 heterocycles. The van der Waals surface area contributed by atoms with Crippen LogP contribution in [0.15, 0.2) is 24.3 Å². The Morgan fingerprint density at radius 1 is 1.20 bits per heavy atom. The fourth-order valence-corrected chi connectivity index (χ4v) is 3.42. The summed E-state index contributed by atoms with van der Waals surface area (Å²) in [5.41, 5.74) is 0.849. The molecule has 2 fully saturated rings. The maximum atomic E-state index is 12.4. The highest BCUT2D eigenvalue weighted by Crippen LogP contribution is 2.37. The van der Waals surface area contributed by atoms with Crippen LogP contribution in [0.1, 0.15) is 29.6 Å². The molecule has 0 unspecified atom stereocenters. The molecule has 1 aromatic rings. The van der Waals surface area contributed by atoms with E-state index in [1.54, 1.807) is 0 Å². The molecule has 1 N–H and O–H groups in total. The molecule has 2 saturated heterocycles. The zero-order valence-electron chi connectivity index (χ0n) is 11.2. The van der Waals surface area contributed by atoms with Gasteiger partial charge >= 0.3 is 0 Å². The number of carbonyl (C=O) groups excluding carboxylic acids is 2. The summed E-state index contributed by atoms with van der Waals surface area (Å²) >= 11 is 2.23. The molecule has 0 bridgehead atoms. The molecule has 20 heavy (non-hydrogen) atoms. The molecule has 3 rings (SSSR count). The molecule has 0 radical (unpaired) electrons. The first-order chi connectivity index (χ1) is 9.58. The van der Waals surface area contributed by atoms with E-state index in [1.807, 2.05) is 29.2 Å². The SMILES string of the molecule is O=C1CC2(CCN(C(=O)c3ccc(I)cc3)CC2)CN1. The van der Waals surface area contributed by atoms with Gasteiger partial charge in [-0.2, -0.15) is 0 Å². The summed E-state index contributed by atoms with van der Waals surface area (Å²) in [6.45, 7) is 2.27. The lowest BCUT2D eigenvalue weighted by Crippen LogP contribution is -2.44. The standard InChI is InChI=1S/C15H17IN2O2/c16-12-3-1-11(2-4-12)14(20)18-7-5-15(6-8-18)9-13(19)17-10-15/h1-4H,5-10H2,(H,17,19). The quantitative estimate of drug-likeness (QED) is 0.754. The number of carbonyl (C=O) groups is 2. The van der Waals surface area contributed by atoms with Crippen molar-refractivity contribution in [3.05, 3.63) is 33.4 Å². The zero-order valence-corrected chi connectivity index (χ0v) is 13.4. The van der Waals surface area contributed by atoms with Crippen LogP contribution in [0, 0.1) is 8.99 Å². The normalized spacial score (nSPS) is 21.1. The third-order valence-electron chi connectivity index (χ3n) is 4.40. The third-order valence-corrected chi connectivity index (χ3v) is 5.12. The molecule has 1 spiro atoms. The van der Waals surface area contributed by atoms with Crippen molar-refractivity contribution in [3.63, 3.8) is 0 Å². The number of hydrogen-bond acceptors (Lipinski definition) is 2. The van der Waals surface area contributed by atoms with Crippen molar-refractivity contribution in [1.82, 2.24) is 10.2 Å². The number of halogens is 1. The van der Waals surface area contributed by atoms with Crippen LogP contribution in [0.5, 0.6) is 0 Å². The zero-order chi connectivity index (χ0) is 14.2. The fraction of sp³-hybridized carbons (Fsp3) is 0.467. The minimum Gasteiger partial charge on any atom is -0.356 e. The topological polar surface area (TPSA) is 49.4 Å². The number of benzene rings is 1. The summed E-state index contributed by atoms with van der Waals surface area (Å²) < 4.78 is 1.13. The highest BCUT2D eigenvalue weighted by atomic mass is 127. The van der Waals surface area contributed by atoms with Crippen molar-refractivity contribution in [3.8, 4) is 0 Å². The predicted octanol–water partition coefficient (Wildman–Crippen LogP) is 2.03. The summed E-state index contributed by atoms with van der Waals surface area (Å²) in [6.07, 6.45) is 2.46. The Kier molecular flexibility index (Phi) is 3.70. The van der Waals surface area contributed by atoms with Crippen LogP contribution in [0.4, 0.5) is 0 Å². The Morgan fingerprint density at radius 2 is 1.85 bits per heavy atom. The van der Waals surface area contributed by atoms with E-state index in [1.165, 1.54) is 0 Å². The number of nitrogens with one attached hydrogen (secondary N) is 1. The minimum atomic E-state index is 0.0972. The second kappa shape index (κ2) is 5.35. The van der Waals surface area contributed by atoms with Gasteiger partial charge in [0.05, 0.1) is 0 Å². The maximum Gasteiger partial charge on any atom is 0.253 e. The predicted molar refractivity (Wildman–Crippen MR) is 84.4 cm³/mol. The van der Waals surface area contributed by atoms with E-state index < -0.39 is 0 Å². The van der Waals surface area contributed by atoms with Gasteiger partial charge in [0, 0.05) is 35.2 Å². The van der Waals surface area contributed by atoms with Crippen molar-refractivity contribution < 1.29 is 9.59 Å². The average molecular weight is 384 g/mol. The van der Waals surface area contributed by atoms with Gasteiger partial charge in [0.2, 0.25) is 5.91 Å². The summed E-state index contributed by atoms with van der Waals surface area (Å²) in [5.74, 6) is 0.260. The van der Waals surface area contributed by atoms with Gasteiger partial charge in [-0.3, -0.25) is 9.59 Å². The van der Waals surface area contributed by atoms with E-state index in [0.29, 0.717) is 6.42 Å². The molecule has 1 aromatic carbocycles. The van der Waals surface area contributed by atoms with Gasteiger partial charge in [-0.05, 0) is 65.1 Å². The Morgan fingerprint density at radius 3 is 2.40 bits per heavy atom. The molecule has 0 atom stereocenters. The van der Waals surface area contributed by atoms with Crippen LogP contribution in [-0.4, -0.2) is 36.3 Å². The number of amides is 2. The molecule has 0 aliphatic carbocycles. The largest absolute Gasteiger partial charge is 0.356 e. The maximum absolute atomic E-state index is 12.4. The summed E-state index contributed by atoms with van der Waals surface area (Å²) in [6, 6.07) is 7.68. The number of hydrogen-bond donors (Lipinski definition) is 1. The third kappa shape index (κ3) is 2.68. The van der Waals surface area contributed by atoms with E-state index >= 15 is 0 Å². The first-order valence-corrected chi connectivity index (χ1v) is 7.97. The van der Waals surface area contributed by atoms with Crippen LogP contribution < -0.4 is 5.32 Å². The van der Waals surface area contributed by atoms with Crippen LogP contribution in [-0.2, 0) is 4.79 Å². The van der Waals surface area contributed by atoms with Crippen LogP contribution in [0.2, 0.25) is 0 Å². The number of likely N-dealkylation sites (tertiary alicyclic amines) is 1. The molecule has 4 nitrogen and oxygen atoms in total. The lowest BCUT2D eigenvalue weighted by atomic mass is 9.77. The summed E-state index contributed by atoms with van der Waals surface area (Å²) in [5, 5.41) is 2.92. The molecule has 5 heteroatoms. The lowest BCUT2D eigenvalue weighted by molar-refractivity contribution is -0.119. The first kappa shape index (κ1) is 13.9. The first-order valence-electron chi connectivity index (χ1n) is 6.90. The van der Waals surface area contributed by atoms with Crippen molar-refractivity contribution in [1.29, 1.82) is 0 Å². The van der Waals surface area contributed by atoms with Crippen molar-refractivity contribution in [2.24, 2.45) is 5.41 Å². The van der Waals surface area contributed by atoms with Gasteiger partial charge in [0.15, 0.2) is 0 Å². The second-order valence-electron chi connectivity index (χ2n) is 5.75. The van der Waals surface area contributed by atoms with Gasteiger partial charge in [0.25, 0.3) is 5.91 Å². The molecular weight excluding hydrogens is 367 g/mol. The number of nitrogens with zero attached hydrogens (tertiary/aromatic N) is 1. The van der Waals surface area contributed by atoms with Crippen LogP contribution in [0.25, 0.3) is 0 Å². The Labute approximate surface area is 132 Å². The van der Waals surface area contributed by atoms with Crippen LogP contribution >= 0.6 is 22.6 Å². The highest BCUT2D eigenvalue weighted by molar-refractivity contribution is 14.1. The van der Waals surface area contributed by atoms with E-state index in [0.717, 1.165) is 41.6 Å². The van der Waals surface area contributed by atoms with Gasteiger partial charge < -0.3 is 10.2 Å². The number of rotatable bonds is 1. The molecule has 2 aliphatic heterocycles. The van der Waals surface area contributed by atoms with Crippen molar-refractivity contribution >= 4 is 34.4 Å². The van der Waals surface area contributed by atoms with E-state index in [2.05, 4.69) is 27.9 Å². The van der Waals surface area contributed by atoms with E-state index in [4.69, 9.17) is 0 Å². The molecule has 2 aliphatic rings. The lowest BCUT2D eigenvalue weighted by Gasteiger charge is -2.38. The molecule has 106 valence electrons. The summed E-state index contributed by atoms with van der Waals surface area (Å²) in [7, 11) is 0. The molecular formula is C15H17IN2O2. The second-order valence-corrected chi connectivity index (χ2v) is 7.00. The van der Waals surface area contributed by atoms with Gasteiger partial charge in [-0.25, -0.2) is 0 Å². The monoisotopic (exact) mass is 384 g/mol. The minimum absolute atomic E-state index is 0.0972. The Balaban J connectivity index is 1.64. The van der Waals surface area contributed by atoms with Crippen molar-refractivity contribution in [2.75, 3.05) is 19.6 Å². The Bertz CT molecular complexity index is 533. The molecule has 0 aromatic heterocycles. The van der Waals surface area contributed by atoms with Gasteiger partial charge in [-0.1, -0.05) is 0 Å². The van der Waals surface area contributed by atoms with Crippen LogP contribution in [0.3, 0.4) is 0 Å². The van der Waals surface area contributed by atoms with Gasteiger partial charge in [0.1, 0.15) is 0 Å².